The number of likely N-dealkylation sites (N-methyl/N-ethyl adjacent to an activating group) is 1. The molecule has 2 saturated carbocycles. The van der Waals surface area contributed by atoms with Gasteiger partial charge in [-0.05, 0) is 125 Å². The average Bonchev–Trinajstić information content (AvgIpc) is 3.89. The standard InChI is InChI=1S/C56H75N9O5S/c1-7-63-44-20-19-37-27-39(44)40(49(63)38-15-11-23-57-46(38)34(3)4)29-55(5,6)33-70-54(69)41-16-12-24-65(60-41)52(67)42(28-45-58-43(37)30-71-45)59-51(66)48(35-13-9-10-14-35)61-25-21-56(31-61)22-26-62(32-56)53(68)50-47(36-17-18-36)64(50)8-2/h11,15,19-20,23,27,30,34-36,41-42,47-48,50,60H,7-10,12-14,16-18,21-22,24-26,28-29,31-33H2,1-6H3,(H,59,66)/t41-,42-,47+,48-,50+,56-,64?/m0/s1. The Kier molecular flexibility index (Phi) is 13.2. The number of ether oxygens (including phenoxy) is 1. The van der Waals surface area contributed by atoms with E-state index in [-0.39, 0.29) is 60.1 Å². The highest BCUT2D eigenvalue weighted by molar-refractivity contribution is 7.10. The fourth-order valence-electron chi connectivity index (χ4n) is 13.6. The van der Waals surface area contributed by atoms with Crippen LogP contribution in [0.25, 0.3) is 33.4 Å². The van der Waals surface area contributed by atoms with Crippen LogP contribution in [0.4, 0.5) is 0 Å². The van der Waals surface area contributed by atoms with Gasteiger partial charge in [0, 0.05) is 89.6 Å². The van der Waals surface area contributed by atoms with E-state index >= 15 is 4.79 Å². The number of amides is 3. The van der Waals surface area contributed by atoms with Crippen LogP contribution in [0.2, 0.25) is 0 Å². The first-order chi connectivity index (χ1) is 34.2. The number of carbonyl (C=O) groups excluding carboxylic acids is 4. The summed E-state index contributed by atoms with van der Waals surface area (Å²) in [6.45, 7) is 18.4. The van der Waals surface area contributed by atoms with Gasteiger partial charge < -0.3 is 19.5 Å². The van der Waals surface area contributed by atoms with E-state index in [1.165, 1.54) is 29.7 Å². The molecule has 3 aromatic heterocycles. The molecule has 4 aromatic rings. The number of aromatic nitrogens is 3. The number of carbonyl (C=O) groups is 4. The quantitative estimate of drug-likeness (QED) is 0.121. The molecule has 7 aliphatic rings. The van der Waals surface area contributed by atoms with Gasteiger partial charge in [0.2, 0.25) is 11.8 Å². The smallest absolute Gasteiger partial charge is 0.324 e. The summed E-state index contributed by atoms with van der Waals surface area (Å²) in [5, 5.41) is 8.86. The molecule has 5 aliphatic heterocycles. The number of pyridine rings is 1. The van der Waals surface area contributed by atoms with Gasteiger partial charge in [-0.25, -0.2) is 10.4 Å². The van der Waals surface area contributed by atoms with Crippen molar-refractivity contribution in [3.8, 4) is 22.5 Å². The molecule has 2 aliphatic carbocycles. The summed E-state index contributed by atoms with van der Waals surface area (Å²) in [7, 11) is 0. The van der Waals surface area contributed by atoms with E-state index in [0.29, 0.717) is 43.7 Å². The maximum atomic E-state index is 15.2. The Morgan fingerprint density at radius 1 is 0.972 bits per heavy atom. The highest BCUT2D eigenvalue weighted by Crippen LogP contribution is 2.49. The number of benzene rings is 1. The van der Waals surface area contributed by atoms with E-state index in [2.05, 4.69) is 101 Å². The van der Waals surface area contributed by atoms with E-state index in [4.69, 9.17) is 14.7 Å². The predicted octanol–water partition coefficient (Wildman–Crippen LogP) is 7.58. The van der Waals surface area contributed by atoms with Crippen LogP contribution in [0.5, 0.6) is 0 Å². The second-order valence-electron chi connectivity index (χ2n) is 23.4. The number of nitrogens with one attached hydrogen (secondary N) is 2. The fourth-order valence-corrected chi connectivity index (χ4v) is 14.5. The fraction of sp³-hybridized carbons (Fsp3) is 0.643. The third kappa shape index (κ3) is 9.35. The summed E-state index contributed by atoms with van der Waals surface area (Å²) < 4.78 is 8.61. The van der Waals surface area contributed by atoms with Crippen LogP contribution < -0.4 is 10.7 Å². The first kappa shape index (κ1) is 48.6. The van der Waals surface area contributed by atoms with E-state index in [1.54, 1.807) is 5.01 Å². The molecule has 1 aromatic carbocycles. The largest absolute Gasteiger partial charge is 0.464 e. The molecule has 71 heavy (non-hydrogen) atoms. The molecule has 1 spiro atoms. The molecule has 3 amide bonds. The lowest BCUT2D eigenvalue weighted by molar-refractivity contribution is -0.155. The molecule has 14 nitrogen and oxygen atoms in total. The lowest BCUT2D eigenvalue weighted by atomic mass is 9.84. The zero-order valence-corrected chi connectivity index (χ0v) is 43.7. The monoisotopic (exact) mass is 986 g/mol. The molecule has 8 heterocycles. The molecular weight excluding hydrogens is 911 g/mol. The van der Waals surface area contributed by atoms with Gasteiger partial charge >= 0.3 is 5.97 Å². The minimum atomic E-state index is -0.911. The minimum absolute atomic E-state index is 0.0301. The van der Waals surface area contributed by atoms with Crippen LogP contribution in [0, 0.1) is 22.7 Å². The lowest BCUT2D eigenvalue weighted by Gasteiger charge is -2.37. The van der Waals surface area contributed by atoms with E-state index in [9.17, 15) is 14.4 Å². The zero-order valence-electron chi connectivity index (χ0n) is 42.9. The number of aryl methyl sites for hydroxylation is 1. The van der Waals surface area contributed by atoms with Gasteiger partial charge in [-0.15, -0.1) is 11.3 Å². The molecule has 1 unspecified atom stereocenters. The molecule has 15 heteroatoms. The summed E-state index contributed by atoms with van der Waals surface area (Å²) >= 11 is 1.51. The normalized spacial score (nSPS) is 28.7. The Labute approximate surface area is 423 Å². The Morgan fingerprint density at radius 2 is 1.77 bits per heavy atom. The average molecular weight is 986 g/mol. The first-order valence-corrected chi connectivity index (χ1v) is 28.0. The Bertz CT molecular complexity index is 2690. The van der Waals surface area contributed by atoms with Crippen LogP contribution in [-0.4, -0.2) is 134 Å². The van der Waals surface area contributed by atoms with Crippen LogP contribution in [0.3, 0.4) is 0 Å². The van der Waals surface area contributed by atoms with Crippen molar-refractivity contribution in [3.05, 3.63) is 58.2 Å². The molecule has 6 fully saturated rings. The number of hydrogen-bond acceptors (Lipinski definition) is 11. The molecule has 4 saturated heterocycles. The van der Waals surface area contributed by atoms with Crippen molar-refractivity contribution in [2.24, 2.45) is 22.7 Å². The Hall–Kier alpha value is -4.70. The maximum absolute atomic E-state index is 15.2. The van der Waals surface area contributed by atoms with Crippen molar-refractivity contribution in [2.75, 3.05) is 45.9 Å². The SMILES string of the molecule is CCN1[C@H](C2CC2)[C@@H]1C(=O)N1CC[C@]2(CCN([C@H](C(=O)N[C@H]3Cc4nc(cs4)-c4ccc5c(c4)c(c(-c4cccnc4C(C)C)n5CC)CC(C)(C)COC(=O)[C@@H]4CCCN(N4)C3=O)C3CCCC3)C2)C1. The van der Waals surface area contributed by atoms with Crippen LogP contribution in [0.15, 0.2) is 41.9 Å². The van der Waals surface area contributed by atoms with Crippen LogP contribution in [0.1, 0.15) is 128 Å². The summed E-state index contributed by atoms with van der Waals surface area (Å²) in [4.78, 5) is 75.2. The van der Waals surface area contributed by atoms with Gasteiger partial charge in [0.1, 0.15) is 18.1 Å². The van der Waals surface area contributed by atoms with E-state index < -0.39 is 17.5 Å². The van der Waals surface area contributed by atoms with Gasteiger partial charge in [-0.2, -0.15) is 0 Å². The highest BCUT2D eigenvalue weighted by atomic mass is 32.1. The second kappa shape index (κ2) is 19.3. The van der Waals surface area contributed by atoms with E-state index in [0.717, 1.165) is 122 Å². The Morgan fingerprint density at radius 3 is 2.54 bits per heavy atom. The van der Waals surface area contributed by atoms with Crippen LogP contribution in [-0.2, 0) is 43.3 Å². The molecule has 0 radical (unpaired) electrons. The third-order valence-corrected chi connectivity index (χ3v) is 18.3. The maximum Gasteiger partial charge on any atom is 0.324 e. The molecule has 2 N–H and O–H groups in total. The number of thiazole rings is 1. The lowest BCUT2D eigenvalue weighted by Crippen LogP contribution is -2.62. The van der Waals surface area contributed by atoms with Crippen molar-refractivity contribution >= 4 is 45.9 Å². The number of fused-ring (bicyclic) bond motifs is 6. The molecule has 6 bridgehead atoms. The van der Waals surface area contributed by atoms with Gasteiger partial charge in [0.25, 0.3) is 5.91 Å². The molecule has 380 valence electrons. The van der Waals surface area contributed by atoms with Gasteiger partial charge in [0.15, 0.2) is 0 Å². The highest BCUT2D eigenvalue weighted by Gasteiger charge is 2.60. The zero-order chi connectivity index (χ0) is 49.3. The summed E-state index contributed by atoms with van der Waals surface area (Å²) in [5.74, 6) is 0.620. The Balaban J connectivity index is 0.897. The molecular formula is C56H75N9O5S. The van der Waals surface area contributed by atoms with Gasteiger partial charge in [0.05, 0.1) is 34.7 Å². The molecule has 11 rings (SSSR count). The third-order valence-electron chi connectivity index (χ3n) is 17.4. The van der Waals surface area contributed by atoms with Crippen molar-refractivity contribution in [2.45, 2.75) is 161 Å². The molecule has 7 atom stereocenters. The van der Waals surface area contributed by atoms with E-state index in [1.807, 2.05) is 12.3 Å². The van der Waals surface area contributed by atoms with Crippen molar-refractivity contribution in [1.82, 2.24) is 45.0 Å². The van der Waals surface area contributed by atoms with Crippen molar-refractivity contribution in [1.29, 1.82) is 0 Å². The van der Waals surface area contributed by atoms with Gasteiger partial charge in [-0.3, -0.25) is 39.0 Å². The number of hydrogen-bond donors (Lipinski definition) is 2. The van der Waals surface area contributed by atoms with Crippen molar-refractivity contribution in [3.63, 3.8) is 0 Å². The minimum Gasteiger partial charge on any atom is -0.464 e. The van der Waals surface area contributed by atoms with Gasteiger partial charge in [-0.1, -0.05) is 53.5 Å². The summed E-state index contributed by atoms with van der Waals surface area (Å²) in [5.41, 5.74) is 10.2. The first-order valence-electron chi connectivity index (χ1n) is 27.1. The number of rotatable bonds is 10. The van der Waals surface area contributed by atoms with Crippen molar-refractivity contribution < 1.29 is 23.9 Å². The number of cyclic esters (lactones) is 1. The summed E-state index contributed by atoms with van der Waals surface area (Å²) in [6, 6.07) is 9.28. The second-order valence-corrected chi connectivity index (χ2v) is 24.3. The van der Waals surface area contributed by atoms with Crippen LogP contribution >= 0.6 is 11.3 Å². The number of likely N-dealkylation sites (tertiary alicyclic amines) is 2. The summed E-state index contributed by atoms with van der Waals surface area (Å²) in [6.07, 6.45) is 12.4. The number of hydrazine groups is 1. The number of esters is 1. The number of nitrogens with zero attached hydrogens (tertiary/aromatic N) is 7. The topological polar surface area (TPSA) is 145 Å². The predicted molar refractivity (Wildman–Crippen MR) is 276 cm³/mol.